The van der Waals surface area contributed by atoms with Gasteiger partial charge in [0.2, 0.25) is 0 Å². The number of esters is 2. The summed E-state index contributed by atoms with van der Waals surface area (Å²) in [4.78, 5) is 37.7. The van der Waals surface area contributed by atoms with Crippen LogP contribution in [-0.4, -0.2) is 70.0 Å². The number of quaternary nitrogens is 1. The fraction of sp³-hybridized carbons (Fsp3) is 0.938. The molecule has 0 aromatic heterocycles. The van der Waals surface area contributed by atoms with E-state index in [9.17, 15) is 19.0 Å². The number of rotatable bonds is 61. The molecule has 0 aromatic carbocycles. The first-order chi connectivity index (χ1) is 36.0. The highest BCUT2D eigenvalue weighted by atomic mass is 31.2. The van der Waals surface area contributed by atoms with Gasteiger partial charge in [0.1, 0.15) is 19.8 Å². The molecule has 440 valence electrons. The number of carbonyl (C=O) groups is 2. The van der Waals surface area contributed by atoms with Crippen molar-refractivity contribution in [3.8, 4) is 0 Å². The van der Waals surface area contributed by atoms with E-state index in [1.54, 1.807) is 0 Å². The highest BCUT2D eigenvalue weighted by Crippen LogP contribution is 2.38. The molecule has 0 aromatic rings. The molecule has 0 N–H and O–H groups in total. The lowest BCUT2D eigenvalue weighted by molar-refractivity contribution is -0.870. The summed E-state index contributed by atoms with van der Waals surface area (Å²) < 4.78 is 34.1. The van der Waals surface area contributed by atoms with Gasteiger partial charge in [-0.1, -0.05) is 296 Å². The summed E-state index contributed by atoms with van der Waals surface area (Å²) in [7, 11) is 1.19. The highest BCUT2D eigenvalue weighted by Gasteiger charge is 2.22. The lowest BCUT2D eigenvalue weighted by Crippen LogP contribution is -2.37. The monoisotopic (exact) mass is 1070 g/mol. The summed E-state index contributed by atoms with van der Waals surface area (Å²) in [6.07, 6.45) is 67.5. The SMILES string of the molecule is CCCCCCCCCC/C=C\CCCCCCCCCCCCCCCCCCCCCCCCCCCCCC(=O)OC(COC(=O)CCCCCCCCCCCCC)COP(=O)([O-])OCC[N+](C)(C)C. The number of ether oxygens (including phenoxy) is 2. The van der Waals surface area contributed by atoms with E-state index in [2.05, 4.69) is 26.0 Å². The molecule has 2 atom stereocenters. The van der Waals surface area contributed by atoms with Crippen LogP contribution >= 0.6 is 7.82 Å². The van der Waals surface area contributed by atoms with Gasteiger partial charge in [-0.05, 0) is 38.5 Å². The second kappa shape index (κ2) is 56.5. The number of likely N-dealkylation sites (N-methyl/N-ethyl adjacent to an activating group) is 1. The Bertz CT molecular complexity index is 1260. The molecule has 0 aliphatic carbocycles. The lowest BCUT2D eigenvalue weighted by atomic mass is 10.0. The van der Waals surface area contributed by atoms with Gasteiger partial charge in [0, 0.05) is 12.8 Å². The number of phosphoric ester groups is 1. The van der Waals surface area contributed by atoms with E-state index in [1.807, 2.05) is 21.1 Å². The predicted octanol–water partition coefficient (Wildman–Crippen LogP) is 19.8. The highest BCUT2D eigenvalue weighted by molar-refractivity contribution is 7.45. The summed E-state index contributed by atoms with van der Waals surface area (Å²) >= 11 is 0. The molecule has 2 unspecified atom stereocenters. The van der Waals surface area contributed by atoms with Gasteiger partial charge in [0.05, 0.1) is 27.7 Å². The van der Waals surface area contributed by atoms with Gasteiger partial charge in [-0.15, -0.1) is 0 Å². The number of hydrogen-bond acceptors (Lipinski definition) is 8. The van der Waals surface area contributed by atoms with Gasteiger partial charge in [0.15, 0.2) is 6.10 Å². The quantitative estimate of drug-likeness (QED) is 0.0195. The van der Waals surface area contributed by atoms with Gasteiger partial charge in [-0.25, -0.2) is 0 Å². The number of unbranched alkanes of at least 4 members (excludes halogenated alkanes) is 45. The number of allylic oxidation sites excluding steroid dienone is 2. The summed E-state index contributed by atoms with van der Waals surface area (Å²) in [5.74, 6) is -0.815. The predicted molar refractivity (Wildman–Crippen MR) is 315 cm³/mol. The molecule has 0 heterocycles. The number of carbonyl (C=O) groups excluding carboxylic acids is 2. The lowest BCUT2D eigenvalue weighted by Gasteiger charge is -2.28. The van der Waals surface area contributed by atoms with Crippen molar-refractivity contribution in [3.63, 3.8) is 0 Å². The van der Waals surface area contributed by atoms with Gasteiger partial charge >= 0.3 is 11.9 Å². The minimum atomic E-state index is -4.62. The normalized spacial score (nSPS) is 13.2. The molecule has 74 heavy (non-hydrogen) atoms. The molecule has 0 aliphatic heterocycles. The van der Waals surface area contributed by atoms with Crippen molar-refractivity contribution in [2.75, 3.05) is 47.5 Å². The van der Waals surface area contributed by atoms with Gasteiger partial charge in [-0.3, -0.25) is 14.2 Å². The fourth-order valence-corrected chi connectivity index (χ4v) is 10.5. The zero-order chi connectivity index (χ0) is 54.2. The van der Waals surface area contributed by atoms with Crippen molar-refractivity contribution < 1.29 is 42.1 Å². The van der Waals surface area contributed by atoms with Crippen LogP contribution in [0, 0.1) is 0 Å². The zero-order valence-electron chi connectivity index (χ0n) is 50.1. The Hall–Kier alpha value is -1.25. The topological polar surface area (TPSA) is 111 Å². The largest absolute Gasteiger partial charge is 0.756 e. The van der Waals surface area contributed by atoms with Crippen LogP contribution < -0.4 is 4.89 Å². The van der Waals surface area contributed by atoms with E-state index in [0.717, 1.165) is 32.1 Å². The molecular weight excluding hydrogens is 942 g/mol. The smallest absolute Gasteiger partial charge is 0.306 e. The van der Waals surface area contributed by atoms with Crippen molar-refractivity contribution >= 4 is 19.8 Å². The second-order valence-corrected chi connectivity index (χ2v) is 24.9. The second-order valence-electron chi connectivity index (χ2n) is 23.5. The molecule has 9 nitrogen and oxygen atoms in total. The Morgan fingerprint density at radius 1 is 0.405 bits per heavy atom. The van der Waals surface area contributed by atoms with Crippen molar-refractivity contribution in [3.05, 3.63) is 12.2 Å². The summed E-state index contributed by atoms with van der Waals surface area (Å²) in [5, 5.41) is 0. The average Bonchev–Trinajstić information content (AvgIpc) is 3.36. The van der Waals surface area contributed by atoms with Crippen LogP contribution in [0.15, 0.2) is 12.2 Å². The van der Waals surface area contributed by atoms with E-state index < -0.39 is 26.5 Å². The first-order valence-electron chi connectivity index (χ1n) is 32.4. The summed E-state index contributed by atoms with van der Waals surface area (Å²) in [6.45, 7) is 4.28. The number of phosphoric acid groups is 1. The van der Waals surface area contributed by atoms with Crippen LogP contribution in [0.25, 0.3) is 0 Å². The minimum absolute atomic E-state index is 0.0260. The minimum Gasteiger partial charge on any atom is -0.756 e. The Labute approximate surface area is 460 Å². The van der Waals surface area contributed by atoms with Gasteiger partial charge in [-0.2, -0.15) is 0 Å². The Morgan fingerprint density at radius 2 is 0.689 bits per heavy atom. The molecular formula is C64H126NO8P. The van der Waals surface area contributed by atoms with Crippen LogP contribution in [0.2, 0.25) is 0 Å². The zero-order valence-corrected chi connectivity index (χ0v) is 51.0. The van der Waals surface area contributed by atoms with Crippen LogP contribution in [-0.2, 0) is 32.7 Å². The molecule has 0 bridgehead atoms. The summed E-state index contributed by atoms with van der Waals surface area (Å²) in [6, 6.07) is 0. The van der Waals surface area contributed by atoms with Crippen molar-refractivity contribution in [2.24, 2.45) is 0 Å². The number of hydrogen-bond donors (Lipinski definition) is 0. The van der Waals surface area contributed by atoms with E-state index in [0.29, 0.717) is 17.4 Å². The maximum atomic E-state index is 12.8. The maximum absolute atomic E-state index is 12.8. The molecule has 0 spiro atoms. The first kappa shape index (κ1) is 72.8. The van der Waals surface area contributed by atoms with E-state index in [4.69, 9.17) is 18.5 Å². The van der Waals surface area contributed by atoms with Gasteiger partial charge in [0.25, 0.3) is 7.82 Å². The molecule has 0 saturated heterocycles. The maximum Gasteiger partial charge on any atom is 0.306 e. The third-order valence-corrected chi connectivity index (χ3v) is 15.7. The fourth-order valence-electron chi connectivity index (χ4n) is 9.77. The molecule has 0 aliphatic rings. The average molecular weight is 1070 g/mol. The number of nitrogens with zero attached hydrogens (tertiary/aromatic N) is 1. The van der Waals surface area contributed by atoms with Crippen LogP contribution in [0.4, 0.5) is 0 Å². The molecule has 0 rings (SSSR count). The third-order valence-electron chi connectivity index (χ3n) is 14.8. The van der Waals surface area contributed by atoms with Crippen molar-refractivity contribution in [1.82, 2.24) is 0 Å². The molecule has 0 fully saturated rings. The van der Waals surface area contributed by atoms with Crippen molar-refractivity contribution in [1.29, 1.82) is 0 Å². The van der Waals surface area contributed by atoms with Crippen LogP contribution in [0.1, 0.15) is 335 Å². The van der Waals surface area contributed by atoms with Crippen LogP contribution in [0.3, 0.4) is 0 Å². The van der Waals surface area contributed by atoms with Crippen LogP contribution in [0.5, 0.6) is 0 Å². The third kappa shape index (κ3) is 60.0. The summed E-state index contributed by atoms with van der Waals surface area (Å²) in [5.41, 5.74) is 0. The molecule has 10 heteroatoms. The molecule has 0 radical (unpaired) electrons. The van der Waals surface area contributed by atoms with Crippen molar-refractivity contribution in [2.45, 2.75) is 341 Å². The standard InChI is InChI=1S/C64H126NO8P/c1-6-8-10-12-14-16-18-19-20-21-22-23-24-25-26-27-28-29-30-31-32-33-34-35-36-37-38-39-40-41-42-43-44-45-47-49-51-53-55-57-64(67)73-62(61-72-74(68,69)71-59-58-65(3,4)5)60-70-63(66)56-54-52-50-48-46-17-15-13-11-9-7-2/h21-22,62H,6-20,23-61H2,1-5H3/b22-21-. The Balaban J connectivity index is 3.80. The van der Waals surface area contributed by atoms with Gasteiger partial charge < -0.3 is 27.9 Å². The Morgan fingerprint density at radius 3 is 1.00 bits per heavy atom. The molecule has 0 amide bonds. The first-order valence-corrected chi connectivity index (χ1v) is 33.9. The van der Waals surface area contributed by atoms with E-state index >= 15 is 0 Å². The van der Waals surface area contributed by atoms with E-state index in [1.165, 1.54) is 270 Å². The molecule has 0 saturated carbocycles. The van der Waals surface area contributed by atoms with E-state index in [-0.39, 0.29) is 32.0 Å². The Kier molecular flexibility index (Phi) is 55.5.